The van der Waals surface area contributed by atoms with E-state index >= 15 is 0 Å². The van der Waals surface area contributed by atoms with Gasteiger partial charge in [0.1, 0.15) is 0 Å². The van der Waals surface area contributed by atoms with Crippen LogP contribution in [0.3, 0.4) is 0 Å². The SMILES string of the molecule is CCOC(=O)C=C(CCC(C)C)C(=O)OCC. The van der Waals surface area contributed by atoms with Crippen molar-refractivity contribution in [3.63, 3.8) is 0 Å². The zero-order valence-electron chi connectivity index (χ0n) is 11.1. The van der Waals surface area contributed by atoms with Crippen LogP contribution in [-0.4, -0.2) is 25.2 Å². The van der Waals surface area contributed by atoms with Crippen LogP contribution in [0, 0.1) is 5.92 Å². The lowest BCUT2D eigenvalue weighted by molar-refractivity contribution is -0.141. The third-order valence-corrected chi connectivity index (χ3v) is 2.11. The molecule has 0 atom stereocenters. The second-order valence-electron chi connectivity index (χ2n) is 4.07. The number of ether oxygens (including phenoxy) is 2. The van der Waals surface area contributed by atoms with Gasteiger partial charge in [0.2, 0.25) is 0 Å². The summed E-state index contributed by atoms with van der Waals surface area (Å²) in [6, 6.07) is 0. The van der Waals surface area contributed by atoms with E-state index in [1.807, 2.05) is 0 Å². The molecule has 0 bridgehead atoms. The number of hydrogen-bond donors (Lipinski definition) is 0. The molecule has 0 aliphatic carbocycles. The van der Waals surface area contributed by atoms with Crippen molar-refractivity contribution in [1.29, 1.82) is 0 Å². The van der Waals surface area contributed by atoms with Crippen LogP contribution in [0.4, 0.5) is 0 Å². The summed E-state index contributed by atoms with van der Waals surface area (Å²) in [6.07, 6.45) is 2.61. The Labute approximate surface area is 103 Å². The van der Waals surface area contributed by atoms with Gasteiger partial charge in [0.15, 0.2) is 0 Å². The van der Waals surface area contributed by atoms with Gasteiger partial charge in [-0.3, -0.25) is 0 Å². The first-order valence-corrected chi connectivity index (χ1v) is 6.05. The zero-order valence-corrected chi connectivity index (χ0v) is 11.1. The second kappa shape index (κ2) is 8.79. The number of hydrogen-bond acceptors (Lipinski definition) is 4. The summed E-state index contributed by atoms with van der Waals surface area (Å²) in [7, 11) is 0. The maximum absolute atomic E-state index is 11.6. The normalized spacial score (nSPS) is 11.5. The number of carbonyl (C=O) groups is 2. The largest absolute Gasteiger partial charge is 0.463 e. The van der Waals surface area contributed by atoms with Gasteiger partial charge in [0.05, 0.1) is 13.2 Å². The number of esters is 2. The highest BCUT2D eigenvalue weighted by Gasteiger charge is 2.13. The Morgan fingerprint density at radius 3 is 2.18 bits per heavy atom. The average Bonchev–Trinajstić information content (AvgIpc) is 2.24. The van der Waals surface area contributed by atoms with Gasteiger partial charge < -0.3 is 9.47 Å². The minimum Gasteiger partial charge on any atom is -0.463 e. The Morgan fingerprint density at radius 2 is 1.71 bits per heavy atom. The molecule has 0 heterocycles. The standard InChI is InChI=1S/C13H22O4/c1-5-16-12(14)9-11(8-7-10(3)4)13(15)17-6-2/h9-10H,5-8H2,1-4H3. The molecule has 0 radical (unpaired) electrons. The van der Waals surface area contributed by atoms with Gasteiger partial charge in [-0.1, -0.05) is 13.8 Å². The molecule has 0 aliphatic rings. The third kappa shape index (κ3) is 7.55. The molecule has 0 spiro atoms. The maximum atomic E-state index is 11.6. The summed E-state index contributed by atoms with van der Waals surface area (Å²) in [4.78, 5) is 22.9. The van der Waals surface area contributed by atoms with Crippen molar-refractivity contribution in [3.8, 4) is 0 Å². The molecule has 0 unspecified atom stereocenters. The monoisotopic (exact) mass is 242 g/mol. The third-order valence-electron chi connectivity index (χ3n) is 2.11. The van der Waals surface area contributed by atoms with E-state index in [0.29, 0.717) is 31.1 Å². The predicted molar refractivity (Wildman–Crippen MR) is 65.4 cm³/mol. The molecule has 0 aliphatic heterocycles. The van der Waals surface area contributed by atoms with Crippen LogP contribution in [0.25, 0.3) is 0 Å². The minimum absolute atomic E-state index is 0.301. The Balaban J connectivity index is 4.59. The fourth-order valence-corrected chi connectivity index (χ4v) is 1.23. The molecule has 0 rings (SSSR count). The summed E-state index contributed by atoms with van der Waals surface area (Å²) < 4.78 is 9.68. The summed E-state index contributed by atoms with van der Waals surface area (Å²) in [5.41, 5.74) is 0.388. The van der Waals surface area contributed by atoms with E-state index < -0.39 is 11.9 Å². The fraction of sp³-hybridized carbons (Fsp3) is 0.692. The van der Waals surface area contributed by atoms with Crippen molar-refractivity contribution in [2.45, 2.75) is 40.5 Å². The van der Waals surface area contributed by atoms with Gasteiger partial charge >= 0.3 is 11.9 Å². The molecule has 17 heavy (non-hydrogen) atoms. The van der Waals surface area contributed by atoms with Crippen LogP contribution in [0.5, 0.6) is 0 Å². The second-order valence-corrected chi connectivity index (χ2v) is 4.07. The summed E-state index contributed by atoms with van der Waals surface area (Å²) in [5, 5.41) is 0. The van der Waals surface area contributed by atoms with Gasteiger partial charge in [0, 0.05) is 11.6 Å². The van der Waals surface area contributed by atoms with Crippen LogP contribution in [0.15, 0.2) is 11.6 Å². The van der Waals surface area contributed by atoms with Gasteiger partial charge in [-0.15, -0.1) is 0 Å². The first-order valence-electron chi connectivity index (χ1n) is 6.05. The van der Waals surface area contributed by atoms with E-state index in [2.05, 4.69) is 13.8 Å². The Morgan fingerprint density at radius 1 is 1.12 bits per heavy atom. The van der Waals surface area contributed by atoms with E-state index in [9.17, 15) is 9.59 Å². The van der Waals surface area contributed by atoms with E-state index in [1.54, 1.807) is 13.8 Å². The summed E-state index contributed by atoms with van der Waals surface area (Å²) in [6.45, 7) is 8.20. The lowest BCUT2D eigenvalue weighted by atomic mass is 10.0. The van der Waals surface area contributed by atoms with Crippen LogP contribution in [0.2, 0.25) is 0 Å². The molecule has 4 heteroatoms. The van der Waals surface area contributed by atoms with Crippen LogP contribution in [-0.2, 0) is 19.1 Å². The van der Waals surface area contributed by atoms with E-state index in [1.165, 1.54) is 6.08 Å². The number of carbonyl (C=O) groups excluding carboxylic acids is 2. The molecule has 0 saturated heterocycles. The zero-order chi connectivity index (χ0) is 13.3. The predicted octanol–water partition coefficient (Wildman–Crippen LogP) is 2.48. The fourth-order valence-electron chi connectivity index (χ4n) is 1.23. The van der Waals surface area contributed by atoms with Gasteiger partial charge in [-0.25, -0.2) is 9.59 Å². The average molecular weight is 242 g/mol. The van der Waals surface area contributed by atoms with E-state index in [-0.39, 0.29) is 0 Å². The van der Waals surface area contributed by atoms with Crippen molar-refractivity contribution in [1.82, 2.24) is 0 Å². The first kappa shape index (κ1) is 15.7. The van der Waals surface area contributed by atoms with Crippen molar-refractivity contribution >= 4 is 11.9 Å². The summed E-state index contributed by atoms with van der Waals surface area (Å²) in [5.74, 6) is -0.449. The molecular formula is C13H22O4. The van der Waals surface area contributed by atoms with Crippen molar-refractivity contribution in [2.75, 3.05) is 13.2 Å². The lowest BCUT2D eigenvalue weighted by Crippen LogP contribution is -2.11. The molecule has 0 saturated carbocycles. The molecule has 0 aromatic rings. The highest BCUT2D eigenvalue weighted by molar-refractivity contribution is 5.96. The molecule has 0 amide bonds. The van der Waals surface area contributed by atoms with Gasteiger partial charge in [-0.05, 0) is 32.6 Å². The first-order chi connectivity index (χ1) is 8.01. The molecular weight excluding hydrogens is 220 g/mol. The number of rotatable bonds is 7. The van der Waals surface area contributed by atoms with Gasteiger partial charge in [-0.2, -0.15) is 0 Å². The molecule has 4 nitrogen and oxygen atoms in total. The van der Waals surface area contributed by atoms with Crippen LogP contribution >= 0.6 is 0 Å². The molecule has 0 N–H and O–H groups in total. The quantitative estimate of drug-likeness (QED) is 0.508. The lowest BCUT2D eigenvalue weighted by Gasteiger charge is -2.08. The Hall–Kier alpha value is -1.32. The molecule has 0 aromatic heterocycles. The van der Waals surface area contributed by atoms with Crippen molar-refractivity contribution in [2.24, 2.45) is 5.92 Å². The highest BCUT2D eigenvalue weighted by Crippen LogP contribution is 2.13. The summed E-state index contributed by atoms with van der Waals surface area (Å²) >= 11 is 0. The Kier molecular flexibility index (Phi) is 8.11. The van der Waals surface area contributed by atoms with Crippen LogP contribution < -0.4 is 0 Å². The topological polar surface area (TPSA) is 52.6 Å². The Bertz CT molecular complexity index is 279. The van der Waals surface area contributed by atoms with E-state index in [0.717, 1.165) is 6.42 Å². The van der Waals surface area contributed by atoms with Crippen LogP contribution in [0.1, 0.15) is 40.5 Å². The van der Waals surface area contributed by atoms with Gasteiger partial charge in [0.25, 0.3) is 0 Å². The van der Waals surface area contributed by atoms with E-state index in [4.69, 9.17) is 9.47 Å². The smallest absolute Gasteiger partial charge is 0.334 e. The minimum atomic E-state index is -0.487. The highest BCUT2D eigenvalue weighted by atomic mass is 16.5. The molecule has 0 aromatic carbocycles. The van der Waals surface area contributed by atoms with Crippen molar-refractivity contribution < 1.29 is 19.1 Å². The van der Waals surface area contributed by atoms with Crippen molar-refractivity contribution in [3.05, 3.63) is 11.6 Å². The molecule has 98 valence electrons. The molecule has 0 fully saturated rings. The maximum Gasteiger partial charge on any atom is 0.334 e.